The van der Waals surface area contributed by atoms with Crippen LogP contribution < -0.4 is 10.1 Å². The number of ether oxygens (including phenoxy) is 1. The summed E-state index contributed by atoms with van der Waals surface area (Å²) in [6, 6.07) is 4.46. The molecule has 2 nitrogen and oxygen atoms in total. The maximum atomic E-state index is 6.25. The van der Waals surface area contributed by atoms with Crippen molar-refractivity contribution in [3.05, 3.63) is 28.3 Å². The smallest absolute Gasteiger partial charge is 0.127 e. The van der Waals surface area contributed by atoms with Crippen LogP contribution in [0, 0.1) is 0 Å². The van der Waals surface area contributed by atoms with E-state index in [1.165, 1.54) is 43.2 Å². The van der Waals surface area contributed by atoms with Crippen molar-refractivity contribution in [3.63, 3.8) is 0 Å². The highest BCUT2D eigenvalue weighted by Gasteiger charge is 2.22. The number of fused-ring (bicyclic) bond motifs is 1. The highest BCUT2D eigenvalue weighted by molar-refractivity contribution is 6.30. The molecule has 1 N–H and O–H groups in total. The summed E-state index contributed by atoms with van der Waals surface area (Å²) in [7, 11) is 2.03. The number of unbranched alkanes of at least 4 members (excludes halogenated alkanes) is 4. The van der Waals surface area contributed by atoms with Gasteiger partial charge in [0.1, 0.15) is 5.75 Å². The fourth-order valence-corrected chi connectivity index (χ4v) is 3.21. The van der Waals surface area contributed by atoms with Crippen LogP contribution in [0.4, 0.5) is 0 Å². The van der Waals surface area contributed by atoms with Crippen LogP contribution in [0.25, 0.3) is 0 Å². The lowest BCUT2D eigenvalue weighted by Crippen LogP contribution is -2.17. The summed E-state index contributed by atoms with van der Waals surface area (Å²) in [5.74, 6) is 1.07. The lowest BCUT2D eigenvalue weighted by atomic mass is 9.97. The monoisotopic (exact) mass is 295 g/mol. The minimum Gasteiger partial charge on any atom is -0.493 e. The molecule has 2 rings (SSSR count). The molecule has 0 saturated carbocycles. The van der Waals surface area contributed by atoms with Crippen LogP contribution in [0.1, 0.15) is 62.6 Å². The average molecular weight is 296 g/mol. The molecule has 0 radical (unpaired) electrons. The number of hydrogen-bond acceptors (Lipinski definition) is 2. The van der Waals surface area contributed by atoms with Crippen molar-refractivity contribution in [1.29, 1.82) is 0 Å². The third kappa shape index (κ3) is 3.89. The lowest BCUT2D eigenvalue weighted by molar-refractivity contribution is 0.347. The Balaban J connectivity index is 2.00. The Labute approximate surface area is 127 Å². The highest BCUT2D eigenvalue weighted by Crippen LogP contribution is 2.37. The van der Waals surface area contributed by atoms with Crippen molar-refractivity contribution >= 4 is 11.6 Å². The largest absolute Gasteiger partial charge is 0.493 e. The van der Waals surface area contributed by atoms with Crippen LogP contribution in [-0.4, -0.2) is 13.7 Å². The predicted octanol–water partition coefficient (Wildman–Crippen LogP) is 4.90. The SMILES string of the molecule is CCCCCCCC(NC)c1cc(Cl)cc2c1OCC2. The molecule has 0 saturated heterocycles. The van der Waals surface area contributed by atoms with Crippen molar-refractivity contribution in [2.24, 2.45) is 0 Å². The molecular weight excluding hydrogens is 270 g/mol. The van der Waals surface area contributed by atoms with E-state index < -0.39 is 0 Å². The van der Waals surface area contributed by atoms with E-state index in [-0.39, 0.29) is 0 Å². The Morgan fingerprint density at radius 2 is 2.05 bits per heavy atom. The standard InChI is InChI=1S/C17H26ClNO/c1-3-4-5-6-7-8-16(19-2)15-12-14(18)11-13-9-10-20-17(13)15/h11-12,16,19H,3-10H2,1-2H3. The first-order valence-corrected chi connectivity index (χ1v) is 8.26. The molecule has 0 fully saturated rings. The quantitative estimate of drug-likeness (QED) is 0.689. The van der Waals surface area contributed by atoms with E-state index >= 15 is 0 Å². The van der Waals surface area contributed by atoms with Gasteiger partial charge in [-0.2, -0.15) is 0 Å². The van der Waals surface area contributed by atoms with E-state index in [0.717, 1.165) is 30.2 Å². The van der Waals surface area contributed by atoms with Crippen LogP contribution >= 0.6 is 11.6 Å². The van der Waals surface area contributed by atoms with Crippen molar-refractivity contribution in [2.75, 3.05) is 13.7 Å². The van der Waals surface area contributed by atoms with Crippen LogP contribution in [0.2, 0.25) is 5.02 Å². The topological polar surface area (TPSA) is 21.3 Å². The van der Waals surface area contributed by atoms with Gasteiger partial charge in [-0.1, -0.05) is 50.6 Å². The second-order valence-corrected chi connectivity index (χ2v) is 6.06. The van der Waals surface area contributed by atoms with E-state index in [0.29, 0.717) is 6.04 Å². The summed E-state index contributed by atoms with van der Waals surface area (Å²) in [5, 5.41) is 4.26. The molecule has 1 heterocycles. The molecular formula is C17H26ClNO. The van der Waals surface area contributed by atoms with Gasteiger partial charge in [-0.15, -0.1) is 0 Å². The van der Waals surface area contributed by atoms with Gasteiger partial charge in [0.15, 0.2) is 0 Å². The Morgan fingerprint density at radius 3 is 2.80 bits per heavy atom. The lowest BCUT2D eigenvalue weighted by Gasteiger charge is -2.19. The highest BCUT2D eigenvalue weighted by atomic mass is 35.5. The third-order valence-corrected chi connectivity index (χ3v) is 4.32. The Bertz CT molecular complexity index is 433. The molecule has 0 bridgehead atoms. The van der Waals surface area contributed by atoms with Gasteiger partial charge < -0.3 is 10.1 Å². The van der Waals surface area contributed by atoms with Crippen LogP contribution in [0.3, 0.4) is 0 Å². The molecule has 20 heavy (non-hydrogen) atoms. The maximum Gasteiger partial charge on any atom is 0.127 e. The van der Waals surface area contributed by atoms with E-state index in [1.54, 1.807) is 0 Å². The van der Waals surface area contributed by atoms with Crippen molar-refractivity contribution < 1.29 is 4.74 Å². The molecule has 1 atom stereocenters. The second kappa shape index (κ2) is 7.90. The molecule has 0 aliphatic carbocycles. The molecule has 1 unspecified atom stereocenters. The van der Waals surface area contributed by atoms with Crippen molar-refractivity contribution in [1.82, 2.24) is 5.32 Å². The van der Waals surface area contributed by atoms with Gasteiger partial charge >= 0.3 is 0 Å². The summed E-state index contributed by atoms with van der Waals surface area (Å²) in [6.45, 7) is 3.04. The zero-order chi connectivity index (χ0) is 14.4. The van der Waals surface area contributed by atoms with Gasteiger partial charge in [0.2, 0.25) is 0 Å². The minimum atomic E-state index is 0.349. The van der Waals surface area contributed by atoms with Gasteiger partial charge in [0, 0.05) is 23.0 Å². The average Bonchev–Trinajstić information content (AvgIpc) is 2.90. The van der Waals surface area contributed by atoms with Gasteiger partial charge in [-0.3, -0.25) is 0 Å². The zero-order valence-corrected chi connectivity index (χ0v) is 13.4. The zero-order valence-electron chi connectivity index (χ0n) is 12.7. The molecule has 1 aliphatic heterocycles. The van der Waals surface area contributed by atoms with Gasteiger partial charge in [-0.25, -0.2) is 0 Å². The third-order valence-electron chi connectivity index (χ3n) is 4.10. The van der Waals surface area contributed by atoms with Gasteiger partial charge in [0.05, 0.1) is 6.61 Å². The predicted molar refractivity (Wildman–Crippen MR) is 85.8 cm³/mol. The fourth-order valence-electron chi connectivity index (χ4n) is 2.96. The van der Waals surface area contributed by atoms with Crippen LogP contribution in [0.5, 0.6) is 5.75 Å². The van der Waals surface area contributed by atoms with Crippen LogP contribution in [-0.2, 0) is 6.42 Å². The number of nitrogens with one attached hydrogen (secondary N) is 1. The Hall–Kier alpha value is -0.730. The van der Waals surface area contributed by atoms with Gasteiger partial charge in [-0.05, 0) is 31.2 Å². The first kappa shape index (κ1) is 15.7. The number of benzene rings is 1. The first-order valence-electron chi connectivity index (χ1n) is 7.88. The summed E-state index contributed by atoms with van der Waals surface area (Å²) in [5.41, 5.74) is 2.50. The Kier molecular flexibility index (Phi) is 6.18. The molecule has 3 heteroatoms. The molecule has 112 valence electrons. The van der Waals surface area contributed by atoms with E-state index in [4.69, 9.17) is 16.3 Å². The van der Waals surface area contributed by atoms with Crippen molar-refractivity contribution in [2.45, 2.75) is 57.9 Å². The summed E-state index contributed by atoms with van der Waals surface area (Å²) >= 11 is 6.25. The van der Waals surface area contributed by atoms with Gasteiger partial charge in [0.25, 0.3) is 0 Å². The molecule has 0 amide bonds. The van der Waals surface area contributed by atoms with E-state index in [2.05, 4.69) is 18.3 Å². The normalized spacial score (nSPS) is 14.9. The van der Waals surface area contributed by atoms with Crippen molar-refractivity contribution in [3.8, 4) is 5.75 Å². The van der Waals surface area contributed by atoms with E-state index in [1.807, 2.05) is 13.1 Å². The first-order chi connectivity index (χ1) is 9.76. The molecule has 1 aliphatic rings. The minimum absolute atomic E-state index is 0.349. The summed E-state index contributed by atoms with van der Waals surface area (Å²) in [6.07, 6.45) is 8.69. The van der Waals surface area contributed by atoms with E-state index in [9.17, 15) is 0 Å². The maximum absolute atomic E-state index is 6.25. The molecule has 1 aromatic carbocycles. The molecule has 1 aromatic rings. The summed E-state index contributed by atoms with van der Waals surface area (Å²) in [4.78, 5) is 0. The Morgan fingerprint density at radius 1 is 1.25 bits per heavy atom. The fraction of sp³-hybridized carbons (Fsp3) is 0.647. The number of hydrogen-bond donors (Lipinski definition) is 1. The second-order valence-electron chi connectivity index (χ2n) is 5.63. The molecule has 0 spiro atoms. The summed E-state index contributed by atoms with van der Waals surface area (Å²) < 4.78 is 5.81. The number of rotatable bonds is 8. The molecule has 0 aromatic heterocycles. The number of halogens is 1. The van der Waals surface area contributed by atoms with Crippen LogP contribution in [0.15, 0.2) is 12.1 Å².